The summed E-state index contributed by atoms with van der Waals surface area (Å²) >= 11 is 0. The second kappa shape index (κ2) is 4.04. The third-order valence-electron chi connectivity index (χ3n) is 2.19. The van der Waals surface area contributed by atoms with E-state index in [1.807, 2.05) is 0 Å². The van der Waals surface area contributed by atoms with Crippen LogP contribution in [0, 0.1) is 5.92 Å². The lowest BCUT2D eigenvalue weighted by Gasteiger charge is -2.37. The Balaban J connectivity index is 1.96. The van der Waals surface area contributed by atoms with Crippen molar-refractivity contribution in [2.75, 3.05) is 26.2 Å². The number of aliphatic hydroxyl groups is 1. The van der Waals surface area contributed by atoms with Crippen molar-refractivity contribution in [3.8, 4) is 0 Å². The summed E-state index contributed by atoms with van der Waals surface area (Å²) in [6.45, 7) is 5.83. The predicted molar refractivity (Wildman–Crippen MR) is 45.3 cm³/mol. The van der Waals surface area contributed by atoms with Gasteiger partial charge < -0.3 is 15.7 Å². The van der Waals surface area contributed by atoms with Gasteiger partial charge in [0.15, 0.2) is 0 Å². The second-order valence-electron chi connectivity index (χ2n) is 3.60. The van der Waals surface area contributed by atoms with Crippen LogP contribution in [0.1, 0.15) is 13.3 Å². The van der Waals surface area contributed by atoms with E-state index < -0.39 is 0 Å². The van der Waals surface area contributed by atoms with Crippen LogP contribution in [0.2, 0.25) is 0 Å². The maximum absolute atomic E-state index is 8.65. The van der Waals surface area contributed by atoms with Crippen LogP contribution in [0.4, 0.5) is 0 Å². The van der Waals surface area contributed by atoms with Crippen LogP contribution in [0.25, 0.3) is 0 Å². The number of aliphatic hydroxyl groups excluding tert-OH is 1. The molecule has 3 nitrogen and oxygen atoms in total. The summed E-state index contributed by atoms with van der Waals surface area (Å²) in [5.41, 5.74) is 5.56. The molecule has 1 heterocycles. The molecule has 0 saturated carbocycles. The van der Waals surface area contributed by atoms with Crippen LogP contribution in [-0.4, -0.2) is 42.3 Å². The van der Waals surface area contributed by atoms with Gasteiger partial charge in [0.2, 0.25) is 0 Å². The molecule has 1 aliphatic heterocycles. The number of nitrogens with zero attached hydrogens (tertiary/aromatic N) is 1. The van der Waals surface area contributed by atoms with Gasteiger partial charge in [0.25, 0.3) is 0 Å². The van der Waals surface area contributed by atoms with Gasteiger partial charge in [0.05, 0.1) is 6.61 Å². The topological polar surface area (TPSA) is 49.5 Å². The maximum Gasteiger partial charge on any atom is 0.0583 e. The Morgan fingerprint density at radius 1 is 1.64 bits per heavy atom. The third kappa shape index (κ3) is 2.77. The fourth-order valence-corrected chi connectivity index (χ4v) is 1.45. The summed E-state index contributed by atoms with van der Waals surface area (Å²) in [5.74, 6) is 0.861. The monoisotopic (exact) mass is 158 g/mol. The molecule has 3 N–H and O–H groups in total. The largest absolute Gasteiger partial charge is 0.395 e. The van der Waals surface area contributed by atoms with Gasteiger partial charge >= 0.3 is 0 Å². The first-order valence-corrected chi connectivity index (χ1v) is 4.31. The maximum atomic E-state index is 8.65. The van der Waals surface area contributed by atoms with Crippen molar-refractivity contribution in [1.29, 1.82) is 0 Å². The Hall–Kier alpha value is -0.120. The fourth-order valence-electron chi connectivity index (χ4n) is 1.45. The van der Waals surface area contributed by atoms with E-state index in [1.165, 1.54) is 13.1 Å². The number of hydrogen-bond donors (Lipinski definition) is 2. The molecule has 0 aromatic heterocycles. The zero-order valence-corrected chi connectivity index (χ0v) is 7.16. The Labute approximate surface area is 68.2 Å². The van der Waals surface area contributed by atoms with Crippen molar-refractivity contribution in [3.05, 3.63) is 0 Å². The van der Waals surface area contributed by atoms with E-state index in [0.29, 0.717) is 0 Å². The number of rotatable bonds is 4. The minimum atomic E-state index is -0.0223. The molecule has 0 aliphatic carbocycles. The number of hydrogen-bond acceptors (Lipinski definition) is 3. The molecule has 1 fully saturated rings. The molecular formula is C8H18N2O. The highest BCUT2D eigenvalue weighted by Crippen LogP contribution is 2.13. The lowest BCUT2D eigenvalue weighted by atomic mass is 10.0. The van der Waals surface area contributed by atoms with Crippen molar-refractivity contribution in [2.45, 2.75) is 19.4 Å². The number of likely N-dealkylation sites (tertiary alicyclic amines) is 1. The number of nitrogens with two attached hydrogens (primary N) is 1. The molecule has 1 saturated heterocycles. The quantitative estimate of drug-likeness (QED) is 0.588. The first-order chi connectivity index (χ1) is 5.22. The van der Waals surface area contributed by atoms with Gasteiger partial charge in [-0.15, -0.1) is 0 Å². The molecule has 0 aromatic carbocycles. The van der Waals surface area contributed by atoms with Gasteiger partial charge in [-0.25, -0.2) is 0 Å². The van der Waals surface area contributed by atoms with Gasteiger partial charge in [-0.1, -0.05) is 6.92 Å². The Bertz CT molecular complexity index is 113. The minimum Gasteiger partial charge on any atom is -0.395 e. The molecule has 66 valence electrons. The lowest BCUT2D eigenvalue weighted by Crippen LogP contribution is -2.46. The standard InChI is InChI=1S/C8H18N2O/c1-7-4-10(5-7)3-2-8(9)6-11/h7-8,11H,2-6,9H2,1H3. The zero-order chi connectivity index (χ0) is 8.27. The van der Waals surface area contributed by atoms with Gasteiger partial charge in [0, 0.05) is 19.1 Å². The molecule has 0 bridgehead atoms. The first kappa shape index (κ1) is 8.97. The van der Waals surface area contributed by atoms with E-state index in [-0.39, 0.29) is 12.6 Å². The van der Waals surface area contributed by atoms with Crippen molar-refractivity contribution >= 4 is 0 Å². The lowest BCUT2D eigenvalue weighted by molar-refractivity contribution is 0.105. The van der Waals surface area contributed by atoms with Crippen LogP contribution >= 0.6 is 0 Å². The molecular weight excluding hydrogens is 140 g/mol. The van der Waals surface area contributed by atoms with Crippen molar-refractivity contribution in [2.24, 2.45) is 11.7 Å². The van der Waals surface area contributed by atoms with E-state index in [1.54, 1.807) is 0 Å². The van der Waals surface area contributed by atoms with Gasteiger partial charge in [-0.2, -0.15) is 0 Å². The van der Waals surface area contributed by atoms with Crippen LogP contribution in [0.5, 0.6) is 0 Å². The van der Waals surface area contributed by atoms with Gasteiger partial charge in [-0.05, 0) is 18.9 Å². The van der Waals surface area contributed by atoms with Crippen LogP contribution in [0.3, 0.4) is 0 Å². The van der Waals surface area contributed by atoms with Crippen LogP contribution in [-0.2, 0) is 0 Å². The molecule has 1 aliphatic rings. The first-order valence-electron chi connectivity index (χ1n) is 4.31. The second-order valence-corrected chi connectivity index (χ2v) is 3.60. The average molecular weight is 158 g/mol. The van der Waals surface area contributed by atoms with Crippen molar-refractivity contribution in [1.82, 2.24) is 4.90 Å². The molecule has 0 spiro atoms. The van der Waals surface area contributed by atoms with Crippen molar-refractivity contribution in [3.63, 3.8) is 0 Å². The summed E-state index contributed by atoms with van der Waals surface area (Å²) in [7, 11) is 0. The van der Waals surface area contributed by atoms with E-state index in [0.717, 1.165) is 18.9 Å². The average Bonchev–Trinajstić information content (AvgIpc) is 1.95. The molecule has 1 unspecified atom stereocenters. The zero-order valence-electron chi connectivity index (χ0n) is 7.16. The predicted octanol–water partition coefficient (Wildman–Crippen LogP) is -0.352. The SMILES string of the molecule is CC1CN(CCC(N)CO)C1. The van der Waals surface area contributed by atoms with E-state index in [2.05, 4.69) is 11.8 Å². The molecule has 0 amide bonds. The summed E-state index contributed by atoms with van der Waals surface area (Å²) in [4.78, 5) is 2.38. The summed E-state index contributed by atoms with van der Waals surface area (Å²) < 4.78 is 0. The normalized spacial score (nSPS) is 23.2. The highest BCUT2D eigenvalue weighted by Gasteiger charge is 2.21. The summed E-state index contributed by atoms with van der Waals surface area (Å²) in [6, 6.07) is -0.0223. The molecule has 1 rings (SSSR count). The third-order valence-corrected chi connectivity index (χ3v) is 2.19. The summed E-state index contributed by atoms with van der Waals surface area (Å²) in [5, 5.41) is 8.65. The molecule has 3 heteroatoms. The fraction of sp³-hybridized carbons (Fsp3) is 1.00. The molecule has 0 aromatic rings. The van der Waals surface area contributed by atoms with Gasteiger partial charge in [-0.3, -0.25) is 0 Å². The van der Waals surface area contributed by atoms with E-state index in [9.17, 15) is 0 Å². The highest BCUT2D eigenvalue weighted by atomic mass is 16.3. The van der Waals surface area contributed by atoms with Crippen LogP contribution in [0.15, 0.2) is 0 Å². The molecule has 11 heavy (non-hydrogen) atoms. The Kier molecular flexibility index (Phi) is 3.30. The van der Waals surface area contributed by atoms with Crippen molar-refractivity contribution < 1.29 is 5.11 Å². The smallest absolute Gasteiger partial charge is 0.0583 e. The Morgan fingerprint density at radius 3 is 2.73 bits per heavy atom. The van der Waals surface area contributed by atoms with Crippen LogP contribution < -0.4 is 5.73 Å². The molecule has 1 atom stereocenters. The van der Waals surface area contributed by atoms with E-state index >= 15 is 0 Å². The minimum absolute atomic E-state index is 0.0223. The molecule has 0 radical (unpaired) electrons. The highest BCUT2D eigenvalue weighted by molar-refractivity contribution is 4.77. The summed E-state index contributed by atoms with van der Waals surface area (Å²) in [6.07, 6.45) is 0.920. The van der Waals surface area contributed by atoms with Gasteiger partial charge in [0.1, 0.15) is 0 Å². The van der Waals surface area contributed by atoms with E-state index in [4.69, 9.17) is 10.8 Å². The Morgan fingerprint density at radius 2 is 2.27 bits per heavy atom.